The smallest absolute Gasteiger partial charge is 0.255 e. The summed E-state index contributed by atoms with van der Waals surface area (Å²) < 4.78 is 0. The highest BCUT2D eigenvalue weighted by molar-refractivity contribution is 7.09. The van der Waals surface area contributed by atoms with Crippen molar-refractivity contribution in [1.82, 2.24) is 4.90 Å². The summed E-state index contributed by atoms with van der Waals surface area (Å²) in [7, 11) is 1.82. The van der Waals surface area contributed by atoms with E-state index in [1.165, 1.54) is 4.88 Å². The molecule has 0 fully saturated rings. The van der Waals surface area contributed by atoms with Crippen molar-refractivity contribution in [2.45, 2.75) is 6.42 Å². The topological polar surface area (TPSA) is 46.3 Å². The number of rotatable bonds is 4. The van der Waals surface area contributed by atoms with Gasteiger partial charge in [0, 0.05) is 24.2 Å². The lowest BCUT2D eigenvalue weighted by Crippen LogP contribution is -2.29. The van der Waals surface area contributed by atoms with Gasteiger partial charge in [-0.05, 0) is 40.8 Å². The van der Waals surface area contributed by atoms with Crippen molar-refractivity contribution in [1.29, 1.82) is 0 Å². The van der Waals surface area contributed by atoms with Crippen LogP contribution in [-0.2, 0) is 6.42 Å². The van der Waals surface area contributed by atoms with Gasteiger partial charge in [-0.3, -0.25) is 4.79 Å². The normalized spacial score (nSPS) is 10.3. The van der Waals surface area contributed by atoms with Gasteiger partial charge >= 0.3 is 0 Å². The van der Waals surface area contributed by atoms with Crippen LogP contribution in [0, 0.1) is 0 Å². The minimum absolute atomic E-state index is 0. The molecule has 0 saturated heterocycles. The largest absolute Gasteiger partial charge is 0.398 e. The number of nitrogens with two attached hydrogens (primary N) is 1. The Morgan fingerprint density at radius 2 is 1.83 bits per heavy atom. The third kappa shape index (κ3) is 3.84. The lowest BCUT2D eigenvalue weighted by molar-refractivity contribution is 0.0798. The predicted octanol–water partition coefficient (Wildman–Crippen LogP) is 4.22. The molecule has 0 bridgehead atoms. The highest BCUT2D eigenvalue weighted by Gasteiger charge is 2.15. The van der Waals surface area contributed by atoms with E-state index in [2.05, 4.69) is 11.4 Å². The van der Waals surface area contributed by atoms with E-state index >= 15 is 0 Å². The van der Waals surface area contributed by atoms with Crippen LogP contribution < -0.4 is 5.73 Å². The van der Waals surface area contributed by atoms with Gasteiger partial charge in [-0.25, -0.2) is 0 Å². The Morgan fingerprint density at radius 3 is 2.48 bits per heavy atom. The second kappa shape index (κ2) is 7.49. The number of carbonyl (C=O) groups is 1. The molecule has 23 heavy (non-hydrogen) atoms. The minimum atomic E-state index is -0.0280. The van der Waals surface area contributed by atoms with Gasteiger partial charge in [-0.1, -0.05) is 30.3 Å². The average Bonchev–Trinajstić information content (AvgIpc) is 3.04. The van der Waals surface area contributed by atoms with E-state index in [1.54, 1.807) is 16.2 Å². The van der Waals surface area contributed by atoms with Crippen molar-refractivity contribution in [3.05, 3.63) is 64.4 Å². The molecule has 5 heteroatoms. The standard InChI is InChI=1S/C18H18N2OS.ClH/c1-20(9-8-15-7-4-10-22-15)18(21)16-11-13-5-2-3-6-14(13)12-17(16)19;/h2-7,10-12H,8-9,19H2,1H3;1H. The third-order valence-electron chi connectivity index (χ3n) is 3.77. The first-order chi connectivity index (χ1) is 10.6. The van der Waals surface area contributed by atoms with E-state index in [0.29, 0.717) is 17.8 Å². The lowest BCUT2D eigenvalue weighted by atomic mass is 10.0. The number of hydrogen-bond donors (Lipinski definition) is 1. The maximum absolute atomic E-state index is 12.6. The molecule has 1 amide bonds. The molecule has 120 valence electrons. The van der Waals surface area contributed by atoms with E-state index < -0.39 is 0 Å². The van der Waals surface area contributed by atoms with Crippen molar-refractivity contribution in [2.24, 2.45) is 0 Å². The molecular weight excluding hydrogens is 328 g/mol. The molecule has 0 radical (unpaired) electrons. The molecule has 0 unspecified atom stereocenters. The second-order valence-electron chi connectivity index (χ2n) is 5.34. The summed E-state index contributed by atoms with van der Waals surface area (Å²) in [4.78, 5) is 15.6. The zero-order valence-electron chi connectivity index (χ0n) is 12.9. The van der Waals surface area contributed by atoms with Crippen LogP contribution in [0.25, 0.3) is 10.8 Å². The fourth-order valence-corrected chi connectivity index (χ4v) is 3.18. The van der Waals surface area contributed by atoms with Crippen LogP contribution in [0.2, 0.25) is 0 Å². The van der Waals surface area contributed by atoms with Gasteiger partial charge < -0.3 is 10.6 Å². The molecule has 2 aromatic carbocycles. The summed E-state index contributed by atoms with van der Waals surface area (Å²) >= 11 is 1.71. The number of nitrogens with zero attached hydrogens (tertiary/aromatic N) is 1. The zero-order chi connectivity index (χ0) is 15.5. The summed E-state index contributed by atoms with van der Waals surface area (Å²) in [5.74, 6) is -0.0280. The number of amides is 1. The molecule has 0 aliphatic rings. The van der Waals surface area contributed by atoms with Crippen LogP contribution in [-0.4, -0.2) is 24.4 Å². The number of thiophene rings is 1. The quantitative estimate of drug-likeness (QED) is 0.719. The van der Waals surface area contributed by atoms with Gasteiger partial charge in [0.1, 0.15) is 0 Å². The van der Waals surface area contributed by atoms with Gasteiger partial charge in [0.25, 0.3) is 5.91 Å². The van der Waals surface area contributed by atoms with Gasteiger partial charge in [0.15, 0.2) is 0 Å². The van der Waals surface area contributed by atoms with Crippen LogP contribution in [0.5, 0.6) is 0 Å². The number of fused-ring (bicyclic) bond motifs is 1. The molecule has 3 aromatic rings. The second-order valence-corrected chi connectivity index (χ2v) is 6.37. The highest BCUT2D eigenvalue weighted by atomic mass is 35.5. The number of hydrogen-bond acceptors (Lipinski definition) is 3. The number of carbonyl (C=O) groups excluding carboxylic acids is 1. The van der Waals surface area contributed by atoms with E-state index in [0.717, 1.165) is 17.2 Å². The first-order valence-electron chi connectivity index (χ1n) is 7.21. The lowest BCUT2D eigenvalue weighted by Gasteiger charge is -2.18. The summed E-state index contributed by atoms with van der Waals surface area (Å²) in [6.07, 6.45) is 0.868. The van der Waals surface area contributed by atoms with Crippen LogP contribution in [0.4, 0.5) is 5.69 Å². The molecule has 0 aliphatic heterocycles. The molecule has 3 nitrogen and oxygen atoms in total. The molecule has 0 spiro atoms. The predicted molar refractivity (Wildman–Crippen MR) is 101 cm³/mol. The third-order valence-corrected chi connectivity index (χ3v) is 4.70. The SMILES string of the molecule is CN(CCc1cccs1)C(=O)c1cc2ccccc2cc1N.Cl. The van der Waals surface area contributed by atoms with Crippen molar-refractivity contribution >= 4 is 46.1 Å². The number of benzene rings is 2. The maximum atomic E-state index is 12.6. The van der Waals surface area contributed by atoms with Crippen LogP contribution in [0.3, 0.4) is 0 Å². The summed E-state index contributed by atoms with van der Waals surface area (Å²) in [5.41, 5.74) is 7.18. The molecule has 3 rings (SSSR count). The molecule has 2 N–H and O–H groups in total. The Balaban J connectivity index is 0.00000192. The molecule has 1 heterocycles. The van der Waals surface area contributed by atoms with Crippen LogP contribution in [0.1, 0.15) is 15.2 Å². The van der Waals surface area contributed by atoms with Gasteiger partial charge in [-0.2, -0.15) is 0 Å². The average molecular weight is 347 g/mol. The van der Waals surface area contributed by atoms with Gasteiger partial charge in [-0.15, -0.1) is 23.7 Å². The number of likely N-dealkylation sites (N-methyl/N-ethyl adjacent to an activating group) is 1. The molecule has 0 saturated carbocycles. The van der Waals surface area contributed by atoms with Crippen molar-refractivity contribution in [3.8, 4) is 0 Å². The Morgan fingerprint density at radius 1 is 1.13 bits per heavy atom. The molecule has 0 aliphatic carbocycles. The van der Waals surface area contributed by atoms with E-state index in [-0.39, 0.29) is 18.3 Å². The number of halogens is 1. The summed E-state index contributed by atoms with van der Waals surface area (Å²) in [6.45, 7) is 0.686. The number of anilines is 1. The minimum Gasteiger partial charge on any atom is -0.398 e. The molecule has 1 aromatic heterocycles. The Labute approximate surface area is 146 Å². The fraction of sp³-hybridized carbons (Fsp3) is 0.167. The van der Waals surface area contributed by atoms with E-state index in [1.807, 2.05) is 49.5 Å². The Bertz CT molecular complexity index is 802. The summed E-state index contributed by atoms with van der Waals surface area (Å²) in [6, 6.07) is 15.8. The molecule has 0 atom stereocenters. The van der Waals surface area contributed by atoms with Crippen molar-refractivity contribution < 1.29 is 4.79 Å². The van der Waals surface area contributed by atoms with E-state index in [4.69, 9.17) is 5.73 Å². The van der Waals surface area contributed by atoms with Crippen LogP contribution >= 0.6 is 23.7 Å². The van der Waals surface area contributed by atoms with Crippen molar-refractivity contribution in [2.75, 3.05) is 19.3 Å². The maximum Gasteiger partial charge on any atom is 0.255 e. The number of nitrogen functional groups attached to an aromatic ring is 1. The zero-order valence-corrected chi connectivity index (χ0v) is 14.5. The van der Waals surface area contributed by atoms with Gasteiger partial charge in [0.2, 0.25) is 0 Å². The Kier molecular flexibility index (Phi) is 5.64. The molecular formula is C18H19ClN2OS. The monoisotopic (exact) mass is 346 g/mol. The van der Waals surface area contributed by atoms with Crippen molar-refractivity contribution in [3.63, 3.8) is 0 Å². The van der Waals surface area contributed by atoms with Gasteiger partial charge in [0.05, 0.1) is 5.56 Å². The highest BCUT2D eigenvalue weighted by Crippen LogP contribution is 2.23. The summed E-state index contributed by atoms with van der Waals surface area (Å²) in [5, 5.41) is 4.14. The van der Waals surface area contributed by atoms with Crippen LogP contribution in [0.15, 0.2) is 53.9 Å². The fourth-order valence-electron chi connectivity index (χ4n) is 2.48. The first kappa shape index (κ1) is 17.3. The van der Waals surface area contributed by atoms with E-state index in [9.17, 15) is 4.79 Å². The first-order valence-corrected chi connectivity index (χ1v) is 8.09. The Hall–Kier alpha value is -2.04.